The first-order valence-corrected chi connectivity index (χ1v) is 6.12. The van der Waals surface area contributed by atoms with Gasteiger partial charge in [0, 0.05) is 24.1 Å². The maximum Gasteiger partial charge on any atom is 0.138 e. The molecule has 0 amide bonds. The minimum absolute atomic E-state index is 0.119. The smallest absolute Gasteiger partial charge is 0.138 e. The first-order chi connectivity index (χ1) is 8.22. The molecule has 1 atom stereocenters. The predicted octanol–water partition coefficient (Wildman–Crippen LogP) is 1.48. The summed E-state index contributed by atoms with van der Waals surface area (Å²) < 4.78 is 2.78. The third-order valence-corrected chi connectivity index (χ3v) is 3.33. The summed E-state index contributed by atoms with van der Waals surface area (Å²) in [4.78, 5) is 8.62. The highest BCUT2D eigenvalue weighted by Gasteiger charge is 2.16. The van der Waals surface area contributed by atoms with E-state index < -0.39 is 0 Å². The molecule has 0 spiro atoms. The lowest BCUT2D eigenvalue weighted by Crippen LogP contribution is -2.22. The van der Waals surface area contributed by atoms with E-state index in [1.54, 1.807) is 17.2 Å². The highest BCUT2D eigenvalue weighted by atomic mass is 79.9. The van der Waals surface area contributed by atoms with Crippen molar-refractivity contribution in [3.8, 4) is 0 Å². The van der Waals surface area contributed by atoms with E-state index in [-0.39, 0.29) is 6.04 Å². The van der Waals surface area contributed by atoms with Crippen LogP contribution in [-0.2, 0) is 13.5 Å². The average molecular weight is 296 g/mol. The summed E-state index contributed by atoms with van der Waals surface area (Å²) in [6.07, 6.45) is 4.11. The lowest BCUT2D eigenvalue weighted by atomic mass is 10.1. The second-order valence-corrected chi connectivity index (χ2v) is 4.57. The SMILES string of the molecule is CNC(Cc1ncnn1C)c1ncccc1Br. The summed E-state index contributed by atoms with van der Waals surface area (Å²) in [6.45, 7) is 0. The number of aryl methyl sites for hydroxylation is 1. The van der Waals surface area contributed by atoms with E-state index in [1.165, 1.54) is 0 Å². The molecule has 6 heteroatoms. The maximum absolute atomic E-state index is 4.39. The zero-order valence-corrected chi connectivity index (χ0v) is 11.3. The second-order valence-electron chi connectivity index (χ2n) is 3.72. The van der Waals surface area contributed by atoms with E-state index in [0.717, 1.165) is 22.4 Å². The Hall–Kier alpha value is -1.27. The number of pyridine rings is 1. The topological polar surface area (TPSA) is 55.6 Å². The molecule has 0 fully saturated rings. The number of hydrogen-bond acceptors (Lipinski definition) is 4. The number of hydrogen-bond donors (Lipinski definition) is 1. The third kappa shape index (κ3) is 2.70. The first kappa shape index (κ1) is 12.2. The zero-order valence-electron chi connectivity index (χ0n) is 9.76. The monoisotopic (exact) mass is 295 g/mol. The number of aromatic nitrogens is 4. The molecule has 0 aliphatic heterocycles. The molecule has 0 aromatic carbocycles. The van der Waals surface area contributed by atoms with Gasteiger partial charge in [0.2, 0.25) is 0 Å². The second kappa shape index (κ2) is 5.37. The Kier molecular flexibility index (Phi) is 3.86. The van der Waals surface area contributed by atoms with Crippen molar-refractivity contribution >= 4 is 15.9 Å². The Morgan fingerprint density at radius 3 is 2.88 bits per heavy atom. The Morgan fingerprint density at radius 2 is 2.29 bits per heavy atom. The van der Waals surface area contributed by atoms with Crippen LogP contribution < -0.4 is 5.32 Å². The van der Waals surface area contributed by atoms with E-state index in [9.17, 15) is 0 Å². The molecule has 0 saturated heterocycles. The van der Waals surface area contributed by atoms with Crippen molar-refractivity contribution in [2.75, 3.05) is 7.05 Å². The van der Waals surface area contributed by atoms with Crippen molar-refractivity contribution in [2.45, 2.75) is 12.5 Å². The summed E-state index contributed by atoms with van der Waals surface area (Å²) in [5.74, 6) is 0.932. The summed E-state index contributed by atoms with van der Waals surface area (Å²) in [5, 5.41) is 7.32. The fourth-order valence-corrected chi connectivity index (χ4v) is 2.21. The van der Waals surface area contributed by atoms with Gasteiger partial charge in [0.25, 0.3) is 0 Å². The highest BCUT2D eigenvalue weighted by Crippen LogP contribution is 2.22. The molecule has 5 nitrogen and oxygen atoms in total. The molecular weight excluding hydrogens is 282 g/mol. The van der Waals surface area contributed by atoms with Gasteiger partial charge >= 0.3 is 0 Å². The molecule has 1 unspecified atom stereocenters. The molecule has 2 aromatic heterocycles. The van der Waals surface area contributed by atoms with Gasteiger partial charge in [0.15, 0.2) is 0 Å². The van der Waals surface area contributed by atoms with Gasteiger partial charge in [0.05, 0.1) is 11.7 Å². The predicted molar refractivity (Wildman–Crippen MR) is 68.4 cm³/mol. The van der Waals surface area contributed by atoms with E-state index >= 15 is 0 Å². The molecule has 90 valence electrons. The van der Waals surface area contributed by atoms with Gasteiger partial charge in [-0.3, -0.25) is 9.67 Å². The Balaban J connectivity index is 2.23. The fraction of sp³-hybridized carbons (Fsp3) is 0.364. The minimum Gasteiger partial charge on any atom is -0.311 e. The number of nitrogens with one attached hydrogen (secondary N) is 1. The van der Waals surface area contributed by atoms with Gasteiger partial charge < -0.3 is 5.32 Å². The molecule has 2 aromatic rings. The van der Waals surface area contributed by atoms with E-state index in [2.05, 4.69) is 36.3 Å². The van der Waals surface area contributed by atoms with E-state index in [4.69, 9.17) is 0 Å². The summed E-state index contributed by atoms with van der Waals surface area (Å²) in [5.41, 5.74) is 0.984. The summed E-state index contributed by atoms with van der Waals surface area (Å²) in [6, 6.07) is 4.01. The van der Waals surface area contributed by atoms with Gasteiger partial charge in [-0.15, -0.1) is 0 Å². The molecule has 2 heterocycles. The van der Waals surface area contributed by atoms with Crippen LogP contribution in [0.1, 0.15) is 17.6 Å². The van der Waals surface area contributed by atoms with Gasteiger partial charge in [-0.2, -0.15) is 5.10 Å². The normalized spacial score (nSPS) is 12.6. The number of halogens is 1. The molecule has 1 N–H and O–H groups in total. The van der Waals surface area contributed by atoms with E-state index in [0.29, 0.717) is 0 Å². The van der Waals surface area contributed by atoms with Crippen LogP contribution in [0.4, 0.5) is 0 Å². The van der Waals surface area contributed by atoms with Crippen LogP contribution in [0.25, 0.3) is 0 Å². The van der Waals surface area contributed by atoms with Gasteiger partial charge in [-0.05, 0) is 35.1 Å². The first-order valence-electron chi connectivity index (χ1n) is 5.33. The number of rotatable bonds is 4. The minimum atomic E-state index is 0.119. The van der Waals surface area contributed by atoms with Crippen LogP contribution in [0.3, 0.4) is 0 Å². The molecular formula is C11H14BrN5. The molecule has 17 heavy (non-hydrogen) atoms. The molecule has 0 bridgehead atoms. The van der Waals surface area contributed by atoms with Gasteiger partial charge in [-0.1, -0.05) is 0 Å². The standard InChI is InChI=1S/C11H14BrN5/c1-13-9(6-10-15-7-16-17(10)2)11-8(12)4-3-5-14-11/h3-5,7,9,13H,6H2,1-2H3. The van der Waals surface area contributed by atoms with E-state index in [1.807, 2.05) is 26.2 Å². The van der Waals surface area contributed by atoms with Crippen molar-refractivity contribution in [3.05, 3.63) is 40.6 Å². The number of nitrogens with zero attached hydrogens (tertiary/aromatic N) is 4. The van der Waals surface area contributed by atoms with Crippen molar-refractivity contribution in [1.29, 1.82) is 0 Å². The number of likely N-dealkylation sites (N-methyl/N-ethyl adjacent to an activating group) is 1. The quantitative estimate of drug-likeness (QED) is 0.928. The van der Waals surface area contributed by atoms with Crippen molar-refractivity contribution < 1.29 is 0 Å². The van der Waals surface area contributed by atoms with Crippen LogP contribution in [0.5, 0.6) is 0 Å². The van der Waals surface area contributed by atoms with Crippen LogP contribution in [0, 0.1) is 0 Å². The largest absolute Gasteiger partial charge is 0.311 e. The summed E-state index contributed by atoms with van der Waals surface area (Å²) in [7, 11) is 3.81. The Morgan fingerprint density at radius 1 is 1.47 bits per heavy atom. The maximum atomic E-state index is 4.39. The molecule has 0 aliphatic carbocycles. The van der Waals surface area contributed by atoms with Crippen LogP contribution in [0.15, 0.2) is 29.1 Å². The Bertz CT molecular complexity index is 496. The molecule has 0 aliphatic rings. The summed E-state index contributed by atoms with van der Waals surface area (Å²) >= 11 is 3.51. The highest BCUT2D eigenvalue weighted by molar-refractivity contribution is 9.10. The van der Waals surface area contributed by atoms with Crippen LogP contribution in [0.2, 0.25) is 0 Å². The lowest BCUT2D eigenvalue weighted by Gasteiger charge is -2.16. The van der Waals surface area contributed by atoms with Crippen LogP contribution in [-0.4, -0.2) is 26.8 Å². The lowest BCUT2D eigenvalue weighted by molar-refractivity contribution is 0.539. The fourth-order valence-electron chi connectivity index (χ4n) is 1.68. The van der Waals surface area contributed by atoms with Gasteiger partial charge in [0.1, 0.15) is 12.2 Å². The molecule has 0 saturated carbocycles. The van der Waals surface area contributed by atoms with Gasteiger partial charge in [-0.25, -0.2) is 4.98 Å². The van der Waals surface area contributed by atoms with Crippen molar-refractivity contribution in [3.63, 3.8) is 0 Å². The van der Waals surface area contributed by atoms with Crippen LogP contribution >= 0.6 is 15.9 Å². The van der Waals surface area contributed by atoms with Crippen molar-refractivity contribution in [2.24, 2.45) is 7.05 Å². The average Bonchev–Trinajstić information content (AvgIpc) is 2.73. The zero-order chi connectivity index (χ0) is 12.3. The Labute approximate surface area is 108 Å². The van der Waals surface area contributed by atoms with Crippen molar-refractivity contribution in [1.82, 2.24) is 25.1 Å². The third-order valence-electron chi connectivity index (χ3n) is 2.66. The molecule has 2 rings (SSSR count). The molecule has 0 radical (unpaired) electrons.